The van der Waals surface area contributed by atoms with Crippen molar-refractivity contribution in [3.63, 3.8) is 0 Å². The van der Waals surface area contributed by atoms with Crippen molar-refractivity contribution in [1.29, 1.82) is 0 Å². The molecule has 0 spiro atoms. The molecule has 2 fully saturated rings. The van der Waals surface area contributed by atoms with E-state index in [4.69, 9.17) is 0 Å². The van der Waals surface area contributed by atoms with Gasteiger partial charge in [-0.25, -0.2) is 0 Å². The van der Waals surface area contributed by atoms with Gasteiger partial charge in [-0.1, -0.05) is 6.92 Å². The number of Topliss-reactive ketones (excluding diaryl/α,β-unsaturated/α-hetero) is 1. The SMILES string of the molecule is CCC(=O)C1CCCN1C1CCNCC1. The Bertz CT molecular complexity index is 224. The van der Waals surface area contributed by atoms with Gasteiger partial charge in [0.05, 0.1) is 6.04 Å². The number of rotatable bonds is 3. The number of ketones is 1. The lowest BCUT2D eigenvalue weighted by Gasteiger charge is -2.35. The molecule has 3 nitrogen and oxygen atoms in total. The Kier molecular flexibility index (Phi) is 3.76. The van der Waals surface area contributed by atoms with Gasteiger partial charge in [-0.15, -0.1) is 0 Å². The van der Waals surface area contributed by atoms with Gasteiger partial charge in [-0.05, 0) is 45.3 Å². The van der Waals surface area contributed by atoms with E-state index in [9.17, 15) is 4.79 Å². The average Bonchev–Trinajstić information content (AvgIpc) is 2.78. The van der Waals surface area contributed by atoms with Crippen molar-refractivity contribution in [1.82, 2.24) is 10.2 Å². The van der Waals surface area contributed by atoms with Crippen LogP contribution in [0.5, 0.6) is 0 Å². The van der Waals surface area contributed by atoms with Gasteiger partial charge in [-0.3, -0.25) is 9.69 Å². The van der Waals surface area contributed by atoms with Crippen LogP contribution in [-0.4, -0.2) is 42.4 Å². The molecule has 0 aromatic carbocycles. The molecule has 2 rings (SSSR count). The van der Waals surface area contributed by atoms with Gasteiger partial charge >= 0.3 is 0 Å². The van der Waals surface area contributed by atoms with Crippen LogP contribution < -0.4 is 5.32 Å². The molecule has 2 aliphatic heterocycles. The maximum atomic E-state index is 11.8. The molecule has 0 saturated carbocycles. The van der Waals surface area contributed by atoms with Crippen LogP contribution in [0.4, 0.5) is 0 Å². The summed E-state index contributed by atoms with van der Waals surface area (Å²) in [5.74, 6) is 0.450. The third-order valence-corrected chi connectivity index (χ3v) is 3.79. The normalized spacial score (nSPS) is 29.5. The second-order valence-corrected chi connectivity index (χ2v) is 4.70. The predicted octanol–water partition coefficient (Wildman–Crippen LogP) is 1.18. The number of likely N-dealkylation sites (tertiary alicyclic amines) is 1. The Labute approximate surface area is 92.2 Å². The zero-order valence-corrected chi connectivity index (χ0v) is 9.67. The molecule has 0 aliphatic carbocycles. The van der Waals surface area contributed by atoms with Gasteiger partial charge < -0.3 is 5.32 Å². The maximum absolute atomic E-state index is 11.8. The maximum Gasteiger partial charge on any atom is 0.149 e. The van der Waals surface area contributed by atoms with Gasteiger partial charge in [0.15, 0.2) is 0 Å². The summed E-state index contributed by atoms with van der Waals surface area (Å²) >= 11 is 0. The van der Waals surface area contributed by atoms with Crippen LogP contribution in [0.3, 0.4) is 0 Å². The van der Waals surface area contributed by atoms with Crippen LogP contribution >= 0.6 is 0 Å². The molecule has 2 aliphatic rings. The fourth-order valence-corrected chi connectivity index (χ4v) is 2.95. The minimum absolute atomic E-state index is 0.248. The second kappa shape index (κ2) is 5.08. The Morgan fingerprint density at radius 3 is 2.73 bits per heavy atom. The number of nitrogens with one attached hydrogen (secondary N) is 1. The van der Waals surface area contributed by atoms with E-state index in [1.54, 1.807) is 0 Å². The summed E-state index contributed by atoms with van der Waals surface area (Å²) in [5, 5.41) is 3.38. The average molecular weight is 210 g/mol. The zero-order chi connectivity index (χ0) is 10.7. The first-order chi connectivity index (χ1) is 7.33. The molecule has 0 amide bonds. The molecule has 86 valence electrons. The fourth-order valence-electron chi connectivity index (χ4n) is 2.95. The first kappa shape index (κ1) is 11.1. The minimum atomic E-state index is 0.248. The van der Waals surface area contributed by atoms with E-state index in [2.05, 4.69) is 10.2 Å². The number of piperidine rings is 1. The lowest BCUT2D eigenvalue weighted by Crippen LogP contribution is -2.47. The van der Waals surface area contributed by atoms with Crippen LogP contribution in [0.15, 0.2) is 0 Å². The smallest absolute Gasteiger partial charge is 0.149 e. The molecular weight excluding hydrogens is 188 g/mol. The molecule has 1 unspecified atom stereocenters. The van der Waals surface area contributed by atoms with E-state index in [1.807, 2.05) is 6.92 Å². The van der Waals surface area contributed by atoms with Gasteiger partial charge in [0.2, 0.25) is 0 Å². The summed E-state index contributed by atoms with van der Waals surface area (Å²) in [4.78, 5) is 14.3. The third kappa shape index (κ3) is 2.40. The van der Waals surface area contributed by atoms with E-state index in [1.165, 1.54) is 19.3 Å². The Balaban J connectivity index is 1.97. The summed E-state index contributed by atoms with van der Waals surface area (Å²) in [5.41, 5.74) is 0. The molecule has 1 N–H and O–H groups in total. The summed E-state index contributed by atoms with van der Waals surface area (Å²) in [6.45, 7) is 5.37. The highest BCUT2D eigenvalue weighted by molar-refractivity contribution is 5.84. The molecule has 0 radical (unpaired) electrons. The molecular formula is C12H22N2O. The van der Waals surface area contributed by atoms with E-state index in [0.29, 0.717) is 18.2 Å². The molecule has 1 atom stereocenters. The molecule has 3 heteroatoms. The van der Waals surface area contributed by atoms with Gasteiger partial charge in [0, 0.05) is 12.5 Å². The second-order valence-electron chi connectivity index (χ2n) is 4.70. The lowest BCUT2D eigenvalue weighted by atomic mass is 10.0. The summed E-state index contributed by atoms with van der Waals surface area (Å²) in [6.07, 6.45) is 5.43. The van der Waals surface area contributed by atoms with Crippen molar-refractivity contribution in [3.8, 4) is 0 Å². The molecule has 15 heavy (non-hydrogen) atoms. The van der Waals surface area contributed by atoms with E-state index < -0.39 is 0 Å². The van der Waals surface area contributed by atoms with Crippen molar-refractivity contribution < 1.29 is 4.79 Å². The van der Waals surface area contributed by atoms with Crippen LogP contribution in [0.2, 0.25) is 0 Å². The quantitative estimate of drug-likeness (QED) is 0.759. The fraction of sp³-hybridized carbons (Fsp3) is 0.917. The molecule has 0 bridgehead atoms. The highest BCUT2D eigenvalue weighted by Gasteiger charge is 2.34. The minimum Gasteiger partial charge on any atom is -0.317 e. The monoisotopic (exact) mass is 210 g/mol. The van der Waals surface area contributed by atoms with Crippen LogP contribution in [0.1, 0.15) is 39.0 Å². The number of carbonyl (C=O) groups excluding carboxylic acids is 1. The van der Waals surface area contributed by atoms with Crippen molar-refractivity contribution >= 4 is 5.78 Å². The number of carbonyl (C=O) groups is 1. The highest BCUT2D eigenvalue weighted by Crippen LogP contribution is 2.25. The Morgan fingerprint density at radius 1 is 1.33 bits per heavy atom. The number of hydrogen-bond acceptors (Lipinski definition) is 3. The van der Waals surface area contributed by atoms with Gasteiger partial charge in [-0.2, -0.15) is 0 Å². The third-order valence-electron chi connectivity index (χ3n) is 3.79. The molecule has 2 saturated heterocycles. The molecule has 0 aromatic rings. The van der Waals surface area contributed by atoms with E-state index in [-0.39, 0.29) is 6.04 Å². The van der Waals surface area contributed by atoms with Gasteiger partial charge in [0.1, 0.15) is 5.78 Å². The predicted molar refractivity (Wildman–Crippen MR) is 60.9 cm³/mol. The topological polar surface area (TPSA) is 32.3 Å². The number of hydrogen-bond donors (Lipinski definition) is 1. The van der Waals surface area contributed by atoms with Gasteiger partial charge in [0.25, 0.3) is 0 Å². The number of nitrogens with zero attached hydrogens (tertiary/aromatic N) is 1. The summed E-state index contributed by atoms with van der Waals surface area (Å²) < 4.78 is 0. The van der Waals surface area contributed by atoms with Crippen molar-refractivity contribution in [2.45, 2.75) is 51.1 Å². The summed E-state index contributed by atoms with van der Waals surface area (Å²) in [6, 6.07) is 0.910. The van der Waals surface area contributed by atoms with E-state index >= 15 is 0 Å². The van der Waals surface area contributed by atoms with Crippen LogP contribution in [0.25, 0.3) is 0 Å². The highest BCUT2D eigenvalue weighted by atomic mass is 16.1. The standard InChI is InChI=1S/C12H22N2O/c1-2-12(15)11-4-3-9-14(11)10-5-7-13-8-6-10/h10-11,13H,2-9H2,1H3. The Hall–Kier alpha value is -0.410. The first-order valence-corrected chi connectivity index (χ1v) is 6.32. The zero-order valence-electron chi connectivity index (χ0n) is 9.67. The van der Waals surface area contributed by atoms with Crippen molar-refractivity contribution in [2.24, 2.45) is 0 Å². The summed E-state index contributed by atoms with van der Waals surface area (Å²) in [7, 11) is 0. The molecule has 0 aromatic heterocycles. The van der Waals surface area contributed by atoms with Crippen molar-refractivity contribution in [2.75, 3.05) is 19.6 Å². The van der Waals surface area contributed by atoms with Crippen LogP contribution in [-0.2, 0) is 4.79 Å². The molecule has 2 heterocycles. The largest absolute Gasteiger partial charge is 0.317 e. The van der Waals surface area contributed by atoms with Crippen LogP contribution in [0, 0.1) is 0 Å². The Morgan fingerprint density at radius 2 is 2.07 bits per heavy atom. The lowest BCUT2D eigenvalue weighted by molar-refractivity contribution is -0.123. The first-order valence-electron chi connectivity index (χ1n) is 6.32. The van der Waals surface area contributed by atoms with E-state index in [0.717, 1.165) is 26.1 Å². The van der Waals surface area contributed by atoms with Crippen molar-refractivity contribution in [3.05, 3.63) is 0 Å².